The number of benzene rings is 2. The minimum Gasteiger partial charge on any atom is -0.355 e. The van der Waals surface area contributed by atoms with Gasteiger partial charge in [0.15, 0.2) is 0 Å². The zero-order valence-corrected chi connectivity index (χ0v) is 13.2. The molecule has 0 saturated heterocycles. The molecule has 0 saturated carbocycles. The summed E-state index contributed by atoms with van der Waals surface area (Å²) in [7, 11) is 1.56. The van der Waals surface area contributed by atoms with Crippen LogP contribution >= 0.6 is 0 Å². The Morgan fingerprint density at radius 1 is 1.08 bits per heavy atom. The smallest absolute Gasteiger partial charge is 0.262 e. The maximum absolute atomic E-state index is 12.1. The molecule has 5 nitrogen and oxygen atoms in total. The third-order valence-corrected chi connectivity index (χ3v) is 3.37. The molecular formula is C19H17N3O2. The summed E-state index contributed by atoms with van der Waals surface area (Å²) in [6.45, 7) is 0.355. The molecule has 0 spiro atoms. The van der Waals surface area contributed by atoms with Gasteiger partial charge in [0.25, 0.3) is 11.8 Å². The van der Waals surface area contributed by atoms with Crippen LogP contribution in [0.2, 0.25) is 0 Å². The summed E-state index contributed by atoms with van der Waals surface area (Å²) < 4.78 is 0. The summed E-state index contributed by atoms with van der Waals surface area (Å²) in [5.41, 5.74) is 2.16. The molecule has 0 heterocycles. The Morgan fingerprint density at radius 3 is 2.33 bits per heavy atom. The van der Waals surface area contributed by atoms with Gasteiger partial charge in [-0.2, -0.15) is 5.26 Å². The summed E-state index contributed by atoms with van der Waals surface area (Å²) in [4.78, 5) is 23.6. The highest BCUT2D eigenvalue weighted by Gasteiger charge is 2.09. The normalized spacial score (nSPS) is 10.6. The highest BCUT2D eigenvalue weighted by atomic mass is 16.2. The summed E-state index contributed by atoms with van der Waals surface area (Å²) >= 11 is 0. The molecule has 0 aliphatic rings. The van der Waals surface area contributed by atoms with Crippen LogP contribution in [0.5, 0.6) is 0 Å². The number of hydrogen-bond donors (Lipinski definition) is 2. The fraction of sp³-hybridized carbons (Fsp3) is 0.105. The highest BCUT2D eigenvalue weighted by molar-refractivity contribution is 6.01. The monoisotopic (exact) mass is 319 g/mol. The molecule has 0 aromatic heterocycles. The SMILES string of the molecule is CNC(=O)c1ccc(C=C(C#N)C(=O)NCc2ccccc2)cc1. The van der Waals surface area contributed by atoms with Crippen molar-refractivity contribution >= 4 is 17.9 Å². The molecule has 5 heteroatoms. The summed E-state index contributed by atoms with van der Waals surface area (Å²) in [6.07, 6.45) is 1.49. The van der Waals surface area contributed by atoms with Crippen molar-refractivity contribution in [2.24, 2.45) is 0 Å². The van der Waals surface area contributed by atoms with Crippen molar-refractivity contribution in [1.82, 2.24) is 10.6 Å². The molecule has 0 aliphatic heterocycles. The number of hydrogen-bond acceptors (Lipinski definition) is 3. The first-order chi connectivity index (χ1) is 11.6. The molecular weight excluding hydrogens is 302 g/mol. The third kappa shape index (κ3) is 4.55. The van der Waals surface area contributed by atoms with Crippen LogP contribution in [0.3, 0.4) is 0 Å². The molecule has 0 unspecified atom stereocenters. The Morgan fingerprint density at radius 2 is 1.75 bits per heavy atom. The van der Waals surface area contributed by atoms with E-state index in [-0.39, 0.29) is 11.5 Å². The Bertz CT molecular complexity index is 788. The van der Waals surface area contributed by atoms with Crippen molar-refractivity contribution in [1.29, 1.82) is 5.26 Å². The van der Waals surface area contributed by atoms with E-state index in [0.29, 0.717) is 17.7 Å². The van der Waals surface area contributed by atoms with Crippen molar-refractivity contribution in [2.45, 2.75) is 6.54 Å². The summed E-state index contributed by atoms with van der Waals surface area (Å²) in [6, 6.07) is 18.0. The Balaban J connectivity index is 2.06. The van der Waals surface area contributed by atoms with Crippen LogP contribution in [0.1, 0.15) is 21.5 Å². The quantitative estimate of drug-likeness (QED) is 0.655. The number of carbonyl (C=O) groups is 2. The molecule has 0 bridgehead atoms. The van der Waals surface area contributed by atoms with Crippen LogP contribution in [0.15, 0.2) is 60.2 Å². The molecule has 120 valence electrons. The summed E-state index contributed by atoms with van der Waals surface area (Å²) in [5, 5.41) is 14.4. The molecule has 2 aromatic rings. The van der Waals surface area contributed by atoms with E-state index >= 15 is 0 Å². The van der Waals surface area contributed by atoms with Crippen LogP contribution in [0.25, 0.3) is 6.08 Å². The molecule has 2 amide bonds. The largest absolute Gasteiger partial charge is 0.355 e. The van der Waals surface area contributed by atoms with E-state index in [1.165, 1.54) is 6.08 Å². The van der Waals surface area contributed by atoms with Crippen molar-refractivity contribution in [3.8, 4) is 6.07 Å². The van der Waals surface area contributed by atoms with Crippen LogP contribution in [0.4, 0.5) is 0 Å². The van der Waals surface area contributed by atoms with Crippen molar-refractivity contribution in [3.05, 3.63) is 76.9 Å². The second kappa shape index (κ2) is 8.30. The number of rotatable bonds is 5. The molecule has 0 radical (unpaired) electrons. The predicted octanol–water partition coefficient (Wildman–Crippen LogP) is 2.27. The zero-order chi connectivity index (χ0) is 17.4. The molecule has 2 rings (SSSR count). The number of carbonyl (C=O) groups excluding carboxylic acids is 2. The number of amides is 2. The van der Waals surface area contributed by atoms with Gasteiger partial charge in [-0.1, -0.05) is 42.5 Å². The van der Waals surface area contributed by atoms with Gasteiger partial charge in [-0.25, -0.2) is 0 Å². The van der Waals surface area contributed by atoms with Crippen LogP contribution in [0, 0.1) is 11.3 Å². The van der Waals surface area contributed by atoms with E-state index < -0.39 is 5.91 Å². The second-order valence-corrected chi connectivity index (χ2v) is 5.04. The zero-order valence-electron chi connectivity index (χ0n) is 13.2. The first kappa shape index (κ1) is 17.0. The summed E-state index contributed by atoms with van der Waals surface area (Å²) in [5.74, 6) is -0.622. The predicted molar refractivity (Wildman–Crippen MR) is 91.7 cm³/mol. The standard InChI is InChI=1S/C19H17N3O2/c1-21-18(23)16-9-7-14(8-10-16)11-17(12-20)19(24)22-13-15-5-3-2-4-6-15/h2-11H,13H2,1H3,(H,21,23)(H,22,24). The van der Waals surface area contributed by atoms with Gasteiger partial charge in [0.2, 0.25) is 0 Å². The lowest BCUT2D eigenvalue weighted by molar-refractivity contribution is -0.117. The van der Waals surface area contributed by atoms with Crippen LogP contribution in [-0.2, 0) is 11.3 Å². The van der Waals surface area contributed by atoms with Gasteiger partial charge in [-0.15, -0.1) is 0 Å². The van der Waals surface area contributed by atoms with E-state index in [9.17, 15) is 14.9 Å². The maximum Gasteiger partial charge on any atom is 0.262 e. The van der Waals surface area contributed by atoms with E-state index in [0.717, 1.165) is 5.56 Å². The van der Waals surface area contributed by atoms with Gasteiger partial charge in [0, 0.05) is 19.2 Å². The number of nitrogens with one attached hydrogen (secondary N) is 2. The Labute approximate surface area is 140 Å². The van der Waals surface area contributed by atoms with E-state index in [4.69, 9.17) is 0 Å². The molecule has 24 heavy (non-hydrogen) atoms. The second-order valence-electron chi connectivity index (χ2n) is 5.04. The van der Waals surface area contributed by atoms with E-state index in [1.807, 2.05) is 36.4 Å². The van der Waals surface area contributed by atoms with Crippen LogP contribution < -0.4 is 10.6 Å². The lowest BCUT2D eigenvalue weighted by Crippen LogP contribution is -2.23. The van der Waals surface area contributed by atoms with Gasteiger partial charge < -0.3 is 10.6 Å². The van der Waals surface area contributed by atoms with Gasteiger partial charge in [-0.05, 0) is 29.3 Å². The topological polar surface area (TPSA) is 82.0 Å². The molecule has 2 N–H and O–H groups in total. The lowest BCUT2D eigenvalue weighted by Gasteiger charge is -2.05. The van der Waals surface area contributed by atoms with Crippen molar-refractivity contribution in [3.63, 3.8) is 0 Å². The van der Waals surface area contributed by atoms with Gasteiger partial charge >= 0.3 is 0 Å². The highest BCUT2D eigenvalue weighted by Crippen LogP contribution is 2.09. The molecule has 0 aliphatic carbocycles. The first-order valence-electron chi connectivity index (χ1n) is 7.40. The third-order valence-electron chi connectivity index (χ3n) is 3.37. The Kier molecular flexibility index (Phi) is 5.87. The average Bonchev–Trinajstić information content (AvgIpc) is 2.64. The fourth-order valence-corrected chi connectivity index (χ4v) is 2.06. The molecule has 0 fully saturated rings. The average molecular weight is 319 g/mol. The molecule has 0 atom stereocenters. The van der Waals surface area contributed by atoms with Crippen molar-refractivity contribution < 1.29 is 9.59 Å². The minimum absolute atomic E-state index is 0.0126. The van der Waals surface area contributed by atoms with E-state index in [1.54, 1.807) is 31.3 Å². The fourth-order valence-electron chi connectivity index (χ4n) is 2.06. The van der Waals surface area contributed by atoms with Gasteiger partial charge in [-0.3, -0.25) is 9.59 Å². The number of nitrogens with zero attached hydrogens (tertiary/aromatic N) is 1. The number of nitriles is 1. The lowest BCUT2D eigenvalue weighted by atomic mass is 10.1. The van der Waals surface area contributed by atoms with Gasteiger partial charge in [0.05, 0.1) is 0 Å². The van der Waals surface area contributed by atoms with Gasteiger partial charge in [0.1, 0.15) is 11.6 Å². The maximum atomic E-state index is 12.1. The Hall–Kier alpha value is -3.39. The minimum atomic E-state index is -0.434. The first-order valence-corrected chi connectivity index (χ1v) is 7.40. The van der Waals surface area contributed by atoms with Crippen LogP contribution in [-0.4, -0.2) is 18.9 Å². The van der Waals surface area contributed by atoms with E-state index in [2.05, 4.69) is 10.6 Å². The van der Waals surface area contributed by atoms with Crippen molar-refractivity contribution in [2.75, 3.05) is 7.05 Å². The molecule has 2 aromatic carbocycles.